The molecule has 4 N–H and O–H groups in total. The molecule has 1 atom stereocenters. The zero-order valence-corrected chi connectivity index (χ0v) is 15.7. The monoisotopic (exact) mass is 395 g/mol. The summed E-state index contributed by atoms with van der Waals surface area (Å²) in [5.41, 5.74) is 7.39. The molecular formula is C18H22ClN3O3S. The van der Waals surface area contributed by atoms with E-state index in [2.05, 4.69) is 10.0 Å². The minimum atomic E-state index is -3.50. The van der Waals surface area contributed by atoms with E-state index in [1.165, 1.54) is 24.3 Å². The van der Waals surface area contributed by atoms with Crippen LogP contribution in [0.2, 0.25) is 0 Å². The Labute approximate surface area is 159 Å². The molecule has 0 saturated heterocycles. The largest absolute Gasteiger partial charge is 0.350 e. The van der Waals surface area contributed by atoms with Gasteiger partial charge in [-0.3, -0.25) is 4.79 Å². The summed E-state index contributed by atoms with van der Waals surface area (Å²) in [5.74, 6) is -0.287. The number of hydrogen-bond acceptors (Lipinski definition) is 4. The number of amides is 1. The lowest BCUT2D eigenvalue weighted by atomic mass is 10.1. The normalized spacial score (nSPS) is 15.0. The Kier molecular flexibility index (Phi) is 6.77. The van der Waals surface area contributed by atoms with E-state index in [9.17, 15) is 13.2 Å². The van der Waals surface area contributed by atoms with Gasteiger partial charge in [-0.25, -0.2) is 13.1 Å². The van der Waals surface area contributed by atoms with Gasteiger partial charge in [-0.15, -0.1) is 12.4 Å². The van der Waals surface area contributed by atoms with E-state index in [-0.39, 0.29) is 35.3 Å². The number of benzene rings is 2. The molecule has 140 valence electrons. The van der Waals surface area contributed by atoms with Crippen molar-refractivity contribution in [2.75, 3.05) is 6.54 Å². The van der Waals surface area contributed by atoms with Crippen molar-refractivity contribution in [1.82, 2.24) is 10.0 Å². The molecule has 6 nitrogen and oxygen atoms in total. The fraction of sp³-hybridized carbons (Fsp3) is 0.278. The minimum absolute atomic E-state index is 0. The Bertz CT molecular complexity index is 838. The van der Waals surface area contributed by atoms with Crippen LogP contribution in [-0.2, 0) is 10.0 Å². The van der Waals surface area contributed by atoms with Crippen molar-refractivity contribution >= 4 is 28.3 Å². The molecule has 0 bridgehead atoms. The second kappa shape index (κ2) is 8.64. The molecule has 26 heavy (non-hydrogen) atoms. The highest BCUT2D eigenvalue weighted by molar-refractivity contribution is 7.89. The molecule has 0 aromatic heterocycles. The molecule has 1 unspecified atom stereocenters. The van der Waals surface area contributed by atoms with Gasteiger partial charge in [-0.1, -0.05) is 30.3 Å². The van der Waals surface area contributed by atoms with Crippen LogP contribution in [-0.4, -0.2) is 26.9 Å². The van der Waals surface area contributed by atoms with E-state index in [1.54, 1.807) is 0 Å². The third-order valence-electron chi connectivity index (χ3n) is 4.04. The lowest BCUT2D eigenvalue weighted by Crippen LogP contribution is -2.32. The van der Waals surface area contributed by atoms with Gasteiger partial charge in [-0.05, 0) is 42.7 Å². The predicted octanol–water partition coefficient (Wildman–Crippen LogP) is 1.98. The van der Waals surface area contributed by atoms with Crippen LogP contribution in [0.3, 0.4) is 0 Å². The highest BCUT2D eigenvalue weighted by atomic mass is 35.5. The number of nitrogens with two attached hydrogens (primary N) is 1. The summed E-state index contributed by atoms with van der Waals surface area (Å²) in [5, 5.41) is 2.77. The molecule has 1 amide bonds. The number of sulfonamides is 1. The van der Waals surface area contributed by atoms with Gasteiger partial charge in [0.15, 0.2) is 0 Å². The SMILES string of the molecule is Cl.NC(CNC(=O)c1ccc(S(=O)(=O)NC2CC2)cc1)c1ccccc1. The first-order chi connectivity index (χ1) is 12.0. The minimum Gasteiger partial charge on any atom is -0.350 e. The van der Waals surface area contributed by atoms with Gasteiger partial charge in [0.1, 0.15) is 0 Å². The molecule has 8 heteroatoms. The number of rotatable bonds is 7. The average molecular weight is 396 g/mol. The molecule has 3 rings (SSSR count). The molecule has 1 saturated carbocycles. The van der Waals surface area contributed by atoms with Crippen molar-refractivity contribution in [3.8, 4) is 0 Å². The van der Waals surface area contributed by atoms with Crippen LogP contribution in [0.1, 0.15) is 34.8 Å². The molecular weight excluding hydrogens is 374 g/mol. The summed E-state index contributed by atoms with van der Waals surface area (Å²) in [6.45, 7) is 0.298. The lowest BCUT2D eigenvalue weighted by Gasteiger charge is -2.13. The summed E-state index contributed by atoms with van der Waals surface area (Å²) in [7, 11) is -3.50. The molecule has 0 aliphatic heterocycles. The Balaban J connectivity index is 0.00000243. The first-order valence-electron chi connectivity index (χ1n) is 8.17. The number of carbonyl (C=O) groups excluding carboxylic acids is 1. The van der Waals surface area contributed by atoms with Crippen LogP contribution in [0.15, 0.2) is 59.5 Å². The first-order valence-corrected chi connectivity index (χ1v) is 9.65. The fourth-order valence-corrected chi connectivity index (χ4v) is 3.70. The molecule has 0 spiro atoms. The standard InChI is InChI=1S/C18H21N3O3S.ClH/c19-17(13-4-2-1-3-5-13)12-20-18(22)14-6-10-16(11-7-14)25(23,24)21-15-8-9-15;/h1-7,10-11,15,17,21H,8-9,12,19H2,(H,20,22);1H. The van der Waals surface area contributed by atoms with Gasteiger partial charge >= 0.3 is 0 Å². The highest BCUT2D eigenvalue weighted by Gasteiger charge is 2.27. The fourth-order valence-electron chi connectivity index (χ4n) is 2.40. The van der Waals surface area contributed by atoms with Gasteiger partial charge in [0.2, 0.25) is 10.0 Å². The average Bonchev–Trinajstić information content (AvgIpc) is 3.43. The Morgan fingerprint density at radius 1 is 1.08 bits per heavy atom. The predicted molar refractivity (Wildman–Crippen MR) is 103 cm³/mol. The smallest absolute Gasteiger partial charge is 0.251 e. The van der Waals surface area contributed by atoms with Gasteiger partial charge < -0.3 is 11.1 Å². The van der Waals surface area contributed by atoms with Crippen molar-refractivity contribution < 1.29 is 13.2 Å². The molecule has 1 fully saturated rings. The van der Waals surface area contributed by atoms with Crippen LogP contribution in [0, 0.1) is 0 Å². The quantitative estimate of drug-likeness (QED) is 0.667. The van der Waals surface area contributed by atoms with Gasteiger partial charge in [0, 0.05) is 24.2 Å². The summed E-state index contributed by atoms with van der Waals surface area (Å²) in [6.07, 6.45) is 1.75. The number of halogens is 1. The van der Waals surface area contributed by atoms with Crippen molar-refractivity contribution in [1.29, 1.82) is 0 Å². The number of carbonyl (C=O) groups is 1. The van der Waals surface area contributed by atoms with Gasteiger partial charge in [-0.2, -0.15) is 0 Å². The third kappa shape index (κ3) is 5.28. The van der Waals surface area contributed by atoms with Gasteiger partial charge in [0.05, 0.1) is 4.90 Å². The summed E-state index contributed by atoms with van der Waals surface area (Å²) in [4.78, 5) is 12.4. The van der Waals surface area contributed by atoms with Crippen LogP contribution >= 0.6 is 12.4 Å². The zero-order chi connectivity index (χ0) is 17.9. The van der Waals surface area contributed by atoms with Gasteiger partial charge in [0.25, 0.3) is 5.91 Å². The van der Waals surface area contributed by atoms with E-state index in [0.717, 1.165) is 18.4 Å². The van der Waals surface area contributed by atoms with Crippen molar-refractivity contribution in [3.05, 3.63) is 65.7 Å². The maximum absolute atomic E-state index is 12.2. The van der Waals surface area contributed by atoms with Crippen molar-refractivity contribution in [2.24, 2.45) is 5.73 Å². The van der Waals surface area contributed by atoms with Crippen molar-refractivity contribution in [3.63, 3.8) is 0 Å². The molecule has 2 aromatic carbocycles. The van der Waals surface area contributed by atoms with E-state index in [4.69, 9.17) is 5.73 Å². The Morgan fingerprint density at radius 2 is 1.69 bits per heavy atom. The lowest BCUT2D eigenvalue weighted by molar-refractivity contribution is 0.0951. The Hall–Kier alpha value is -1.93. The maximum atomic E-state index is 12.2. The highest BCUT2D eigenvalue weighted by Crippen LogP contribution is 2.22. The van der Waals surface area contributed by atoms with E-state index >= 15 is 0 Å². The summed E-state index contributed by atoms with van der Waals surface area (Å²) >= 11 is 0. The molecule has 0 radical (unpaired) electrons. The van der Waals surface area contributed by atoms with E-state index in [1.807, 2.05) is 30.3 Å². The number of nitrogens with one attached hydrogen (secondary N) is 2. The van der Waals surface area contributed by atoms with E-state index in [0.29, 0.717) is 12.1 Å². The topological polar surface area (TPSA) is 101 Å². The van der Waals surface area contributed by atoms with E-state index < -0.39 is 10.0 Å². The Morgan fingerprint density at radius 3 is 2.27 bits per heavy atom. The van der Waals surface area contributed by atoms with Crippen LogP contribution in [0.25, 0.3) is 0 Å². The van der Waals surface area contributed by atoms with Crippen molar-refractivity contribution in [2.45, 2.75) is 29.8 Å². The van der Waals surface area contributed by atoms with Crippen LogP contribution in [0.5, 0.6) is 0 Å². The number of hydrogen-bond donors (Lipinski definition) is 3. The second-order valence-corrected chi connectivity index (χ2v) is 7.86. The molecule has 2 aromatic rings. The maximum Gasteiger partial charge on any atom is 0.251 e. The summed E-state index contributed by atoms with van der Waals surface area (Å²) in [6, 6.07) is 15.1. The first kappa shape index (κ1) is 20.4. The van der Waals surface area contributed by atoms with Crippen LogP contribution in [0.4, 0.5) is 0 Å². The molecule has 1 aliphatic rings. The molecule has 1 aliphatic carbocycles. The zero-order valence-electron chi connectivity index (χ0n) is 14.1. The van der Waals surface area contributed by atoms with Crippen LogP contribution < -0.4 is 15.8 Å². The second-order valence-electron chi connectivity index (χ2n) is 6.15. The summed E-state index contributed by atoms with van der Waals surface area (Å²) < 4.78 is 26.8. The molecule has 0 heterocycles. The third-order valence-corrected chi connectivity index (χ3v) is 5.57.